The molecule has 1 aromatic heterocycles. The molecule has 2 heterocycles. The van der Waals surface area contributed by atoms with Crippen LogP contribution in [0.2, 0.25) is 0 Å². The molecule has 1 saturated heterocycles. The van der Waals surface area contributed by atoms with Gasteiger partial charge >= 0.3 is 0 Å². The van der Waals surface area contributed by atoms with E-state index in [0.29, 0.717) is 5.56 Å². The Morgan fingerprint density at radius 2 is 1.73 bits per heavy atom. The van der Waals surface area contributed by atoms with Crippen LogP contribution in [0.15, 0.2) is 65.6 Å². The Labute approximate surface area is 181 Å². The van der Waals surface area contributed by atoms with Crippen LogP contribution in [0, 0.1) is 0 Å². The number of carbonyl (C=O) groups excluding carboxylic acids is 1. The summed E-state index contributed by atoms with van der Waals surface area (Å²) in [5, 5.41) is 11.8. The van der Waals surface area contributed by atoms with Crippen molar-refractivity contribution in [3.63, 3.8) is 0 Å². The highest BCUT2D eigenvalue weighted by Gasteiger charge is 2.13. The molecule has 0 unspecified atom stereocenters. The molecule has 0 saturated carbocycles. The molecule has 5 nitrogen and oxygen atoms in total. The molecule has 3 aromatic rings. The van der Waals surface area contributed by atoms with E-state index in [1.165, 1.54) is 19.3 Å². The predicted octanol–water partition coefficient (Wildman–Crippen LogP) is 5.50. The number of hydrogen-bond acceptors (Lipinski definition) is 5. The number of piperidine rings is 1. The van der Waals surface area contributed by atoms with Gasteiger partial charge in [-0.25, -0.2) is 0 Å². The number of nitrogens with zero attached hydrogens (tertiary/aromatic N) is 3. The van der Waals surface area contributed by atoms with Crippen LogP contribution in [0.4, 0.5) is 11.5 Å². The fourth-order valence-corrected chi connectivity index (χ4v) is 4.43. The first-order chi connectivity index (χ1) is 14.7. The monoisotopic (exact) mass is 418 g/mol. The van der Waals surface area contributed by atoms with Gasteiger partial charge in [-0.05, 0) is 61.4 Å². The molecular formula is C24H26N4OS. The fraction of sp³-hybridized carbons (Fsp3) is 0.292. The Morgan fingerprint density at radius 3 is 2.43 bits per heavy atom. The number of thioether (sulfide) groups is 1. The maximum absolute atomic E-state index is 12.7. The maximum atomic E-state index is 12.7. The summed E-state index contributed by atoms with van der Waals surface area (Å²) in [6.45, 7) is 4.20. The molecule has 30 heavy (non-hydrogen) atoms. The van der Waals surface area contributed by atoms with Gasteiger partial charge in [-0.2, -0.15) is 0 Å². The van der Waals surface area contributed by atoms with Crippen LogP contribution in [-0.2, 0) is 0 Å². The molecular weight excluding hydrogens is 392 g/mol. The van der Waals surface area contributed by atoms with Gasteiger partial charge in [0.25, 0.3) is 5.91 Å². The first-order valence-electron chi connectivity index (χ1n) is 10.5. The summed E-state index contributed by atoms with van der Waals surface area (Å²) in [6.07, 6.45) is 3.74. The average molecular weight is 419 g/mol. The van der Waals surface area contributed by atoms with Gasteiger partial charge in [-0.1, -0.05) is 31.2 Å². The van der Waals surface area contributed by atoms with Crippen molar-refractivity contribution in [2.24, 2.45) is 0 Å². The number of hydrogen-bond donors (Lipinski definition) is 1. The zero-order valence-corrected chi connectivity index (χ0v) is 18.0. The van der Waals surface area contributed by atoms with E-state index in [-0.39, 0.29) is 5.91 Å². The second kappa shape index (κ2) is 9.76. The summed E-state index contributed by atoms with van der Waals surface area (Å²) >= 11 is 1.67. The molecule has 0 radical (unpaired) electrons. The third kappa shape index (κ3) is 4.82. The van der Waals surface area contributed by atoms with Gasteiger partial charge in [-0.15, -0.1) is 22.0 Å². The quantitative estimate of drug-likeness (QED) is 0.536. The van der Waals surface area contributed by atoms with E-state index in [0.717, 1.165) is 46.5 Å². The Bertz CT molecular complexity index is 983. The lowest BCUT2D eigenvalue weighted by molar-refractivity contribution is 0.102. The number of aromatic nitrogens is 2. The minimum atomic E-state index is -0.0926. The second-order valence-corrected chi connectivity index (χ2v) is 8.59. The Kier molecular flexibility index (Phi) is 6.64. The van der Waals surface area contributed by atoms with Gasteiger partial charge in [0.05, 0.1) is 11.3 Å². The molecule has 0 aliphatic carbocycles. The molecule has 154 valence electrons. The van der Waals surface area contributed by atoms with E-state index in [4.69, 9.17) is 0 Å². The molecule has 1 N–H and O–H groups in total. The number of benzene rings is 2. The normalized spacial score (nSPS) is 13.8. The zero-order valence-electron chi connectivity index (χ0n) is 17.2. The van der Waals surface area contributed by atoms with Crippen LogP contribution in [0.3, 0.4) is 0 Å². The van der Waals surface area contributed by atoms with E-state index in [1.54, 1.807) is 11.8 Å². The van der Waals surface area contributed by atoms with Gasteiger partial charge in [0.2, 0.25) is 0 Å². The SMILES string of the molecule is CCSc1ccccc1C(=O)Nc1ccc(-c2ccc(N3CCCCC3)nn2)cc1. The van der Waals surface area contributed by atoms with Crippen molar-refractivity contribution in [3.8, 4) is 11.3 Å². The number of carbonyl (C=O) groups is 1. The topological polar surface area (TPSA) is 58.1 Å². The highest BCUT2D eigenvalue weighted by molar-refractivity contribution is 7.99. The van der Waals surface area contributed by atoms with Crippen molar-refractivity contribution in [2.75, 3.05) is 29.1 Å². The molecule has 2 aromatic carbocycles. The molecule has 4 rings (SSSR count). The third-order valence-corrected chi connectivity index (χ3v) is 6.16. The molecule has 0 atom stereocenters. The van der Waals surface area contributed by atoms with Crippen molar-refractivity contribution in [2.45, 2.75) is 31.1 Å². The highest BCUT2D eigenvalue weighted by atomic mass is 32.2. The van der Waals surface area contributed by atoms with E-state index in [1.807, 2.05) is 60.7 Å². The average Bonchev–Trinajstić information content (AvgIpc) is 2.81. The van der Waals surface area contributed by atoms with E-state index >= 15 is 0 Å². The summed E-state index contributed by atoms with van der Waals surface area (Å²) in [7, 11) is 0. The van der Waals surface area contributed by atoms with Crippen LogP contribution < -0.4 is 10.2 Å². The molecule has 0 bridgehead atoms. The Balaban J connectivity index is 1.43. The molecule has 0 spiro atoms. The van der Waals surface area contributed by atoms with Crippen molar-refractivity contribution < 1.29 is 4.79 Å². The van der Waals surface area contributed by atoms with E-state index < -0.39 is 0 Å². The minimum Gasteiger partial charge on any atom is -0.355 e. The van der Waals surface area contributed by atoms with Gasteiger partial charge in [0.1, 0.15) is 0 Å². The maximum Gasteiger partial charge on any atom is 0.256 e. The van der Waals surface area contributed by atoms with Gasteiger partial charge < -0.3 is 10.2 Å². The second-order valence-electron chi connectivity index (χ2n) is 7.29. The predicted molar refractivity (Wildman–Crippen MR) is 124 cm³/mol. The smallest absolute Gasteiger partial charge is 0.256 e. The summed E-state index contributed by atoms with van der Waals surface area (Å²) in [4.78, 5) is 16.0. The fourth-order valence-electron chi connectivity index (χ4n) is 3.63. The van der Waals surface area contributed by atoms with Crippen molar-refractivity contribution in [1.29, 1.82) is 0 Å². The van der Waals surface area contributed by atoms with E-state index in [2.05, 4.69) is 27.3 Å². The Morgan fingerprint density at radius 1 is 0.967 bits per heavy atom. The van der Waals surface area contributed by atoms with Crippen LogP contribution in [0.5, 0.6) is 0 Å². The molecule has 1 aliphatic rings. The van der Waals surface area contributed by atoms with Crippen LogP contribution in [-0.4, -0.2) is 34.9 Å². The molecule has 6 heteroatoms. The number of rotatable bonds is 6. The van der Waals surface area contributed by atoms with Gasteiger partial charge in [0.15, 0.2) is 5.82 Å². The first-order valence-corrected chi connectivity index (χ1v) is 11.5. The van der Waals surface area contributed by atoms with Gasteiger partial charge in [-0.3, -0.25) is 4.79 Å². The van der Waals surface area contributed by atoms with Crippen LogP contribution in [0.25, 0.3) is 11.3 Å². The minimum absolute atomic E-state index is 0.0926. The molecule has 1 amide bonds. The molecule has 1 aliphatic heterocycles. The lowest BCUT2D eigenvalue weighted by atomic mass is 10.1. The lowest BCUT2D eigenvalue weighted by Crippen LogP contribution is -2.30. The molecule has 1 fully saturated rings. The zero-order chi connectivity index (χ0) is 20.8. The third-order valence-electron chi connectivity index (χ3n) is 5.20. The first kappa shape index (κ1) is 20.4. The number of anilines is 2. The highest BCUT2D eigenvalue weighted by Crippen LogP contribution is 2.25. The van der Waals surface area contributed by atoms with Crippen molar-refractivity contribution >= 4 is 29.2 Å². The van der Waals surface area contributed by atoms with E-state index in [9.17, 15) is 4.79 Å². The summed E-state index contributed by atoms with van der Waals surface area (Å²) in [5.41, 5.74) is 3.27. The number of nitrogens with one attached hydrogen (secondary N) is 1. The van der Waals surface area contributed by atoms with Gasteiger partial charge in [0, 0.05) is 29.2 Å². The number of amides is 1. The largest absolute Gasteiger partial charge is 0.355 e. The van der Waals surface area contributed by atoms with Crippen LogP contribution >= 0.6 is 11.8 Å². The van der Waals surface area contributed by atoms with Crippen LogP contribution in [0.1, 0.15) is 36.5 Å². The summed E-state index contributed by atoms with van der Waals surface area (Å²) < 4.78 is 0. The van der Waals surface area contributed by atoms with Crippen molar-refractivity contribution in [1.82, 2.24) is 10.2 Å². The van der Waals surface area contributed by atoms with Crippen molar-refractivity contribution in [3.05, 3.63) is 66.2 Å². The summed E-state index contributed by atoms with van der Waals surface area (Å²) in [6, 6.07) is 19.5. The standard InChI is InChI=1S/C24H26N4OS/c1-2-30-22-9-5-4-8-20(22)24(29)25-19-12-10-18(11-13-19)21-14-15-23(27-26-21)28-16-6-3-7-17-28/h4-5,8-15H,2-3,6-7,16-17H2,1H3,(H,25,29). The Hall–Kier alpha value is -2.86. The lowest BCUT2D eigenvalue weighted by Gasteiger charge is -2.27. The summed E-state index contributed by atoms with van der Waals surface area (Å²) in [5.74, 6) is 1.78.